The maximum absolute atomic E-state index is 12.0. The molecule has 0 aromatic heterocycles. The Morgan fingerprint density at radius 2 is 1.50 bits per heavy atom. The number of hydrogen-bond donors (Lipinski definition) is 1. The van der Waals surface area contributed by atoms with Crippen LogP contribution in [0.1, 0.15) is 44.7 Å². The molecule has 0 unspecified atom stereocenters. The molecule has 1 saturated heterocycles. The van der Waals surface area contributed by atoms with Crippen LogP contribution in [0, 0.1) is 5.92 Å². The van der Waals surface area contributed by atoms with Crippen molar-refractivity contribution in [1.29, 1.82) is 0 Å². The van der Waals surface area contributed by atoms with Crippen molar-refractivity contribution in [3.8, 4) is 0 Å². The summed E-state index contributed by atoms with van der Waals surface area (Å²) in [4.78, 5) is 11.5. The molecule has 3 rings (SSSR count). The highest BCUT2D eigenvalue weighted by molar-refractivity contribution is 5.69. The Kier molecular flexibility index (Phi) is 4.67. The standard InChI is InChI=1S/C22H26O4/c1-20(2)18(19(23)24)14-15-21(3,26-20)22(25,16-10-6-4-7-11-16)17-12-8-5-9-13-17/h4-13,18,25H,14-15H2,1-3H3,(H,23,24)/p-1/t18-,21-/m1/s1. The first-order chi connectivity index (χ1) is 12.2. The minimum absolute atomic E-state index is 0.383. The summed E-state index contributed by atoms with van der Waals surface area (Å²) in [5, 5.41) is 23.5. The second-order valence-electron chi connectivity index (χ2n) is 7.79. The van der Waals surface area contributed by atoms with Crippen LogP contribution in [-0.4, -0.2) is 22.3 Å². The van der Waals surface area contributed by atoms with Gasteiger partial charge in [0, 0.05) is 11.9 Å². The molecule has 1 heterocycles. The van der Waals surface area contributed by atoms with E-state index in [1.807, 2.05) is 67.6 Å². The third kappa shape index (κ3) is 2.93. The van der Waals surface area contributed by atoms with Gasteiger partial charge in [-0.05, 0) is 44.7 Å². The lowest BCUT2D eigenvalue weighted by Crippen LogP contribution is -2.62. The van der Waals surface area contributed by atoms with E-state index in [0.29, 0.717) is 12.8 Å². The van der Waals surface area contributed by atoms with Crippen LogP contribution >= 0.6 is 0 Å². The number of rotatable bonds is 4. The third-order valence-corrected chi connectivity index (χ3v) is 5.67. The summed E-state index contributed by atoms with van der Waals surface area (Å²) in [7, 11) is 0. The lowest BCUT2D eigenvalue weighted by atomic mass is 9.67. The first-order valence-corrected chi connectivity index (χ1v) is 8.95. The van der Waals surface area contributed by atoms with E-state index in [9.17, 15) is 15.0 Å². The highest BCUT2D eigenvalue weighted by Crippen LogP contribution is 2.50. The molecule has 4 heteroatoms. The number of carbonyl (C=O) groups excluding carboxylic acids is 1. The zero-order valence-corrected chi connectivity index (χ0v) is 15.4. The Balaban J connectivity index is 2.13. The van der Waals surface area contributed by atoms with E-state index < -0.39 is 28.7 Å². The van der Waals surface area contributed by atoms with Crippen LogP contribution < -0.4 is 5.11 Å². The molecule has 2 aromatic rings. The predicted octanol–water partition coefficient (Wildman–Crippen LogP) is 2.64. The summed E-state index contributed by atoms with van der Waals surface area (Å²) < 4.78 is 6.34. The molecule has 0 saturated carbocycles. The molecule has 138 valence electrons. The fraction of sp³-hybridized carbons (Fsp3) is 0.409. The molecule has 26 heavy (non-hydrogen) atoms. The molecule has 0 amide bonds. The van der Waals surface area contributed by atoms with E-state index in [2.05, 4.69) is 0 Å². The topological polar surface area (TPSA) is 69.6 Å². The van der Waals surface area contributed by atoms with E-state index in [4.69, 9.17) is 4.74 Å². The van der Waals surface area contributed by atoms with Gasteiger partial charge in [0.15, 0.2) is 0 Å². The fourth-order valence-corrected chi connectivity index (χ4v) is 4.26. The van der Waals surface area contributed by atoms with Crippen molar-refractivity contribution in [1.82, 2.24) is 0 Å². The molecule has 1 N–H and O–H groups in total. The van der Waals surface area contributed by atoms with E-state index in [0.717, 1.165) is 11.1 Å². The maximum atomic E-state index is 12.0. The molecular weight excluding hydrogens is 328 g/mol. The van der Waals surface area contributed by atoms with Gasteiger partial charge in [-0.15, -0.1) is 0 Å². The summed E-state index contributed by atoms with van der Waals surface area (Å²) in [5.41, 5.74) is -1.93. The van der Waals surface area contributed by atoms with Gasteiger partial charge in [0.25, 0.3) is 0 Å². The van der Waals surface area contributed by atoms with Crippen LogP contribution in [0.2, 0.25) is 0 Å². The lowest BCUT2D eigenvalue weighted by Gasteiger charge is -2.55. The summed E-state index contributed by atoms with van der Waals surface area (Å²) in [6.07, 6.45) is 0.781. The summed E-state index contributed by atoms with van der Waals surface area (Å²) in [6, 6.07) is 18.8. The number of ether oxygens (including phenoxy) is 1. The van der Waals surface area contributed by atoms with E-state index in [-0.39, 0.29) is 0 Å². The smallest absolute Gasteiger partial charge is 0.143 e. The zero-order chi connectivity index (χ0) is 19.0. The first-order valence-electron chi connectivity index (χ1n) is 8.95. The number of benzene rings is 2. The number of hydrogen-bond acceptors (Lipinski definition) is 4. The molecule has 4 nitrogen and oxygen atoms in total. The zero-order valence-electron chi connectivity index (χ0n) is 15.4. The molecule has 0 bridgehead atoms. The van der Waals surface area contributed by atoms with Crippen molar-refractivity contribution in [3.05, 3.63) is 71.8 Å². The molecule has 2 atom stereocenters. The van der Waals surface area contributed by atoms with Crippen molar-refractivity contribution in [2.45, 2.75) is 50.4 Å². The number of aliphatic carboxylic acids is 1. The van der Waals surface area contributed by atoms with Crippen LogP contribution in [0.5, 0.6) is 0 Å². The van der Waals surface area contributed by atoms with Gasteiger partial charge in [-0.25, -0.2) is 0 Å². The van der Waals surface area contributed by atoms with Gasteiger partial charge in [-0.3, -0.25) is 0 Å². The van der Waals surface area contributed by atoms with Crippen molar-refractivity contribution in [2.75, 3.05) is 0 Å². The lowest BCUT2D eigenvalue weighted by molar-refractivity contribution is -0.330. The molecule has 0 spiro atoms. The largest absolute Gasteiger partial charge is 0.550 e. The molecule has 1 fully saturated rings. The average Bonchev–Trinajstić information content (AvgIpc) is 2.61. The monoisotopic (exact) mass is 353 g/mol. The molecule has 1 aliphatic heterocycles. The first kappa shape index (κ1) is 18.6. The fourth-order valence-electron chi connectivity index (χ4n) is 4.26. The highest BCUT2D eigenvalue weighted by atomic mass is 16.5. The van der Waals surface area contributed by atoms with Gasteiger partial charge >= 0.3 is 0 Å². The Morgan fingerprint density at radius 1 is 1.04 bits per heavy atom. The van der Waals surface area contributed by atoms with Crippen LogP contribution in [-0.2, 0) is 15.1 Å². The van der Waals surface area contributed by atoms with Gasteiger partial charge in [0.2, 0.25) is 0 Å². The van der Waals surface area contributed by atoms with E-state index in [1.54, 1.807) is 13.8 Å². The Bertz CT molecular complexity index is 730. The van der Waals surface area contributed by atoms with Crippen molar-refractivity contribution < 1.29 is 19.7 Å². The van der Waals surface area contributed by atoms with E-state index >= 15 is 0 Å². The molecule has 1 aliphatic rings. The Labute approximate surface area is 154 Å². The minimum Gasteiger partial charge on any atom is -0.550 e. The second-order valence-corrected chi connectivity index (χ2v) is 7.79. The number of carboxylic acids is 1. The summed E-state index contributed by atoms with van der Waals surface area (Å²) in [6.45, 7) is 5.36. The third-order valence-electron chi connectivity index (χ3n) is 5.67. The van der Waals surface area contributed by atoms with Crippen LogP contribution in [0.4, 0.5) is 0 Å². The predicted molar refractivity (Wildman–Crippen MR) is 97.2 cm³/mol. The van der Waals surface area contributed by atoms with E-state index in [1.165, 1.54) is 0 Å². The normalized spacial score (nSPS) is 25.6. The Hall–Kier alpha value is -2.17. The summed E-state index contributed by atoms with van der Waals surface area (Å²) >= 11 is 0. The van der Waals surface area contributed by atoms with Gasteiger partial charge in [-0.1, -0.05) is 60.7 Å². The number of aliphatic hydroxyl groups is 1. The molecule has 2 aromatic carbocycles. The molecule has 0 aliphatic carbocycles. The highest BCUT2D eigenvalue weighted by Gasteiger charge is 2.56. The minimum atomic E-state index is -1.41. The SMILES string of the molecule is CC1(C)O[C@@](C)(C(O)(c2ccccc2)c2ccccc2)CC[C@@H]1C(=O)[O-]. The van der Waals surface area contributed by atoms with Crippen molar-refractivity contribution in [2.24, 2.45) is 5.92 Å². The van der Waals surface area contributed by atoms with Crippen molar-refractivity contribution >= 4 is 5.97 Å². The number of carbonyl (C=O) groups is 1. The molecule has 0 radical (unpaired) electrons. The van der Waals surface area contributed by atoms with Gasteiger partial charge in [0.1, 0.15) is 11.2 Å². The number of carboxylic acid groups (broad SMARTS) is 1. The second kappa shape index (κ2) is 6.53. The maximum Gasteiger partial charge on any atom is 0.143 e. The van der Waals surface area contributed by atoms with Gasteiger partial charge < -0.3 is 19.7 Å². The van der Waals surface area contributed by atoms with Crippen molar-refractivity contribution in [3.63, 3.8) is 0 Å². The van der Waals surface area contributed by atoms with Crippen LogP contribution in [0.3, 0.4) is 0 Å². The average molecular weight is 353 g/mol. The van der Waals surface area contributed by atoms with Gasteiger partial charge in [0.05, 0.1) is 5.60 Å². The van der Waals surface area contributed by atoms with Crippen LogP contribution in [0.15, 0.2) is 60.7 Å². The van der Waals surface area contributed by atoms with Crippen LogP contribution in [0.25, 0.3) is 0 Å². The van der Waals surface area contributed by atoms with Gasteiger partial charge in [-0.2, -0.15) is 0 Å². The summed E-state index contributed by atoms with van der Waals surface area (Å²) in [5.74, 6) is -1.83. The quantitative estimate of drug-likeness (QED) is 0.917. The molecular formula is C22H25O4-. The Morgan fingerprint density at radius 3 is 1.88 bits per heavy atom.